The number of nitrogens with one attached hydrogen (secondary N) is 3. The van der Waals surface area contributed by atoms with Crippen LogP contribution in [-0.2, 0) is 6.54 Å². The molecule has 0 aliphatic heterocycles. The van der Waals surface area contributed by atoms with Crippen molar-refractivity contribution >= 4 is 17.8 Å². The topological polar surface area (TPSA) is 95.0 Å². The van der Waals surface area contributed by atoms with Gasteiger partial charge in [-0.3, -0.25) is 5.21 Å². The molecule has 0 spiro atoms. The Bertz CT molecular complexity index is 482. The van der Waals surface area contributed by atoms with Crippen molar-refractivity contribution in [3.05, 3.63) is 35.9 Å². The maximum atomic E-state index is 8.81. The van der Waals surface area contributed by atoms with Crippen LogP contribution in [0, 0.1) is 0 Å². The lowest BCUT2D eigenvalue weighted by atomic mass is 10.2. The molecule has 0 amide bonds. The highest BCUT2D eigenvalue weighted by molar-refractivity contribution is 5.41. The van der Waals surface area contributed by atoms with Crippen molar-refractivity contribution < 1.29 is 5.21 Å². The number of anilines is 3. The molecular weight excluding hydrogens is 232 g/mol. The van der Waals surface area contributed by atoms with E-state index >= 15 is 0 Å². The highest BCUT2D eigenvalue weighted by Crippen LogP contribution is 2.09. The Kier molecular flexibility index (Phi) is 3.87. The minimum atomic E-state index is 0.0879. The molecule has 7 heteroatoms. The Hall–Kier alpha value is -2.41. The molecule has 0 fully saturated rings. The van der Waals surface area contributed by atoms with Crippen molar-refractivity contribution in [1.29, 1.82) is 0 Å². The fraction of sp³-hybridized carbons (Fsp3) is 0.182. The smallest absolute Gasteiger partial charge is 0.253 e. The fourth-order valence-electron chi connectivity index (χ4n) is 1.39. The van der Waals surface area contributed by atoms with Crippen LogP contribution in [0.4, 0.5) is 17.8 Å². The van der Waals surface area contributed by atoms with E-state index in [0.717, 1.165) is 5.56 Å². The summed E-state index contributed by atoms with van der Waals surface area (Å²) in [4.78, 5) is 12.0. The van der Waals surface area contributed by atoms with Crippen molar-refractivity contribution in [2.75, 3.05) is 23.2 Å². The molecule has 0 saturated carbocycles. The monoisotopic (exact) mass is 246 g/mol. The van der Waals surface area contributed by atoms with E-state index in [4.69, 9.17) is 5.21 Å². The third-order valence-electron chi connectivity index (χ3n) is 2.25. The Morgan fingerprint density at radius 1 is 1.00 bits per heavy atom. The molecule has 7 nitrogen and oxygen atoms in total. The predicted molar refractivity (Wildman–Crippen MR) is 68.6 cm³/mol. The molecule has 1 aromatic heterocycles. The molecule has 0 atom stereocenters. The second-order valence-corrected chi connectivity index (χ2v) is 3.51. The van der Waals surface area contributed by atoms with E-state index in [1.807, 2.05) is 35.8 Å². The summed E-state index contributed by atoms with van der Waals surface area (Å²) in [6.45, 7) is 0.596. The van der Waals surface area contributed by atoms with Gasteiger partial charge in [0.1, 0.15) is 0 Å². The fourth-order valence-corrected chi connectivity index (χ4v) is 1.39. The third-order valence-corrected chi connectivity index (χ3v) is 2.25. The van der Waals surface area contributed by atoms with Gasteiger partial charge in [0.2, 0.25) is 11.9 Å². The van der Waals surface area contributed by atoms with Crippen molar-refractivity contribution in [3.63, 3.8) is 0 Å². The zero-order valence-electron chi connectivity index (χ0n) is 9.88. The summed E-state index contributed by atoms with van der Waals surface area (Å²) in [6.07, 6.45) is 0. The SMILES string of the molecule is CNc1nc(NO)nc(NCc2ccccc2)n1. The molecule has 0 radical (unpaired) electrons. The normalized spacial score (nSPS) is 9.89. The van der Waals surface area contributed by atoms with Gasteiger partial charge >= 0.3 is 0 Å². The van der Waals surface area contributed by atoms with Gasteiger partial charge in [-0.2, -0.15) is 15.0 Å². The molecule has 0 bridgehead atoms. The quantitative estimate of drug-likeness (QED) is 0.591. The van der Waals surface area contributed by atoms with Gasteiger partial charge in [-0.15, -0.1) is 0 Å². The Labute approximate surface area is 104 Å². The van der Waals surface area contributed by atoms with Crippen LogP contribution in [0.15, 0.2) is 30.3 Å². The van der Waals surface area contributed by atoms with Crippen LogP contribution in [0.25, 0.3) is 0 Å². The van der Waals surface area contributed by atoms with E-state index in [1.54, 1.807) is 7.05 Å². The van der Waals surface area contributed by atoms with E-state index in [0.29, 0.717) is 18.4 Å². The summed E-state index contributed by atoms with van der Waals surface area (Å²) in [5.74, 6) is 0.844. The first kappa shape index (κ1) is 12.1. The molecule has 18 heavy (non-hydrogen) atoms. The van der Waals surface area contributed by atoms with Crippen LogP contribution >= 0.6 is 0 Å². The molecule has 94 valence electrons. The third kappa shape index (κ3) is 3.05. The Morgan fingerprint density at radius 3 is 2.33 bits per heavy atom. The van der Waals surface area contributed by atoms with Gasteiger partial charge < -0.3 is 10.6 Å². The standard InChI is InChI=1S/C11H14N6O/c1-12-9-14-10(16-11(15-9)17-18)13-7-8-5-3-2-4-6-8/h2-6,18H,7H2,1H3,(H3,12,13,14,15,16,17). The van der Waals surface area contributed by atoms with Crippen molar-refractivity contribution in [1.82, 2.24) is 15.0 Å². The minimum absolute atomic E-state index is 0.0879. The summed E-state index contributed by atoms with van der Waals surface area (Å²) >= 11 is 0. The van der Waals surface area contributed by atoms with Crippen molar-refractivity contribution in [2.45, 2.75) is 6.54 Å². The minimum Gasteiger partial charge on any atom is -0.357 e. The molecule has 2 aromatic rings. The van der Waals surface area contributed by atoms with Gasteiger partial charge in [-0.25, -0.2) is 5.48 Å². The number of hydrogen-bond donors (Lipinski definition) is 4. The van der Waals surface area contributed by atoms with Crippen LogP contribution in [0.5, 0.6) is 0 Å². The molecule has 1 aromatic carbocycles. The molecule has 4 N–H and O–H groups in total. The van der Waals surface area contributed by atoms with Crippen LogP contribution in [0.2, 0.25) is 0 Å². The number of rotatable bonds is 5. The Balaban J connectivity index is 2.09. The molecule has 2 rings (SSSR count). The van der Waals surface area contributed by atoms with Crippen molar-refractivity contribution in [2.24, 2.45) is 0 Å². The summed E-state index contributed by atoms with van der Waals surface area (Å²) in [7, 11) is 1.69. The molecular formula is C11H14N6O. The first-order valence-corrected chi connectivity index (χ1v) is 5.43. The average Bonchev–Trinajstić information content (AvgIpc) is 2.45. The summed E-state index contributed by atoms with van der Waals surface area (Å²) in [6, 6.07) is 9.88. The zero-order valence-corrected chi connectivity index (χ0v) is 9.88. The first-order valence-electron chi connectivity index (χ1n) is 5.43. The number of nitrogens with zero attached hydrogens (tertiary/aromatic N) is 3. The van der Waals surface area contributed by atoms with Crippen LogP contribution in [-0.4, -0.2) is 27.2 Å². The van der Waals surface area contributed by atoms with Gasteiger partial charge in [-0.1, -0.05) is 30.3 Å². The summed E-state index contributed by atoms with van der Waals surface area (Å²) < 4.78 is 0. The van der Waals surface area contributed by atoms with Gasteiger partial charge in [-0.05, 0) is 5.56 Å². The van der Waals surface area contributed by atoms with E-state index in [1.165, 1.54) is 0 Å². The van der Waals surface area contributed by atoms with Gasteiger partial charge in [0.15, 0.2) is 0 Å². The second kappa shape index (κ2) is 5.78. The zero-order chi connectivity index (χ0) is 12.8. The molecule has 0 aliphatic carbocycles. The number of benzene rings is 1. The lowest BCUT2D eigenvalue weighted by Crippen LogP contribution is -2.09. The van der Waals surface area contributed by atoms with Gasteiger partial charge in [0, 0.05) is 13.6 Å². The van der Waals surface area contributed by atoms with E-state index in [2.05, 4.69) is 25.6 Å². The van der Waals surface area contributed by atoms with E-state index < -0.39 is 0 Å². The van der Waals surface area contributed by atoms with Gasteiger partial charge in [0.25, 0.3) is 5.95 Å². The average molecular weight is 246 g/mol. The molecule has 0 aliphatic rings. The lowest BCUT2D eigenvalue weighted by Gasteiger charge is -2.07. The van der Waals surface area contributed by atoms with Gasteiger partial charge in [0.05, 0.1) is 0 Å². The molecule has 0 unspecified atom stereocenters. The van der Waals surface area contributed by atoms with Crippen LogP contribution in [0.3, 0.4) is 0 Å². The number of hydrogen-bond acceptors (Lipinski definition) is 7. The van der Waals surface area contributed by atoms with E-state index in [9.17, 15) is 0 Å². The Morgan fingerprint density at radius 2 is 1.67 bits per heavy atom. The lowest BCUT2D eigenvalue weighted by molar-refractivity contribution is 0.382. The summed E-state index contributed by atoms with van der Waals surface area (Å²) in [5, 5.41) is 14.7. The highest BCUT2D eigenvalue weighted by Gasteiger charge is 2.04. The van der Waals surface area contributed by atoms with E-state index in [-0.39, 0.29) is 5.95 Å². The maximum Gasteiger partial charge on any atom is 0.253 e. The maximum absolute atomic E-state index is 8.81. The molecule has 0 saturated heterocycles. The second-order valence-electron chi connectivity index (χ2n) is 3.51. The largest absolute Gasteiger partial charge is 0.357 e. The first-order chi connectivity index (χ1) is 8.81. The van der Waals surface area contributed by atoms with Crippen LogP contribution in [0.1, 0.15) is 5.56 Å². The molecule has 1 heterocycles. The van der Waals surface area contributed by atoms with Crippen molar-refractivity contribution in [3.8, 4) is 0 Å². The van der Waals surface area contributed by atoms with Crippen LogP contribution < -0.4 is 16.1 Å². The highest BCUT2D eigenvalue weighted by atomic mass is 16.5. The summed E-state index contributed by atoms with van der Waals surface area (Å²) in [5.41, 5.74) is 3.01. The predicted octanol–water partition coefficient (Wildman–Crippen LogP) is 1.33. The number of aromatic nitrogens is 3.